The second-order valence-corrected chi connectivity index (χ2v) is 8.28. The van der Waals surface area contributed by atoms with Gasteiger partial charge < -0.3 is 15.5 Å². The average molecular weight is 409 g/mol. The highest BCUT2D eigenvalue weighted by Gasteiger charge is 2.44. The van der Waals surface area contributed by atoms with Gasteiger partial charge in [0.05, 0.1) is 17.7 Å². The molecular weight excluding hydrogens is 380 g/mol. The number of nitro groups is 1. The minimum Gasteiger partial charge on any atom is -0.329 e. The van der Waals surface area contributed by atoms with Crippen LogP contribution < -0.4 is 16.4 Å². The highest BCUT2D eigenvalue weighted by Crippen LogP contribution is 2.29. The van der Waals surface area contributed by atoms with E-state index in [4.69, 9.17) is 5.73 Å². The fourth-order valence-corrected chi connectivity index (χ4v) is 4.35. The lowest BCUT2D eigenvalue weighted by atomic mass is 9.85. The van der Waals surface area contributed by atoms with E-state index in [1.807, 2.05) is 24.3 Å². The van der Waals surface area contributed by atoms with Crippen LogP contribution in [0.2, 0.25) is 0 Å². The SMILES string of the molecule is CN1CCC(CC2(N)NC(=NCc3cccc4ccccc34)NC=C2[N+](=O)[O-])CC1. The van der Waals surface area contributed by atoms with Gasteiger partial charge >= 0.3 is 5.70 Å². The molecule has 0 saturated carbocycles. The standard InChI is InChI=1S/C22H28N6O2/c1-27-11-9-16(10-12-27)13-22(23)20(28(29)30)15-25-21(26-22)24-14-18-7-4-6-17-5-2-3-8-19(17)18/h2-8,15-16H,9-14,23H2,1H3,(H2,24,25,26). The summed E-state index contributed by atoms with van der Waals surface area (Å²) in [6.07, 6.45) is 3.85. The summed E-state index contributed by atoms with van der Waals surface area (Å²) in [6, 6.07) is 14.3. The molecule has 2 aliphatic heterocycles. The molecule has 2 aromatic carbocycles. The van der Waals surface area contributed by atoms with Crippen molar-refractivity contribution in [1.82, 2.24) is 15.5 Å². The van der Waals surface area contributed by atoms with Crippen LogP contribution in [0.3, 0.4) is 0 Å². The number of fused-ring (bicyclic) bond motifs is 1. The molecule has 0 aliphatic carbocycles. The van der Waals surface area contributed by atoms with Crippen LogP contribution in [0, 0.1) is 16.0 Å². The molecule has 0 bridgehead atoms. The van der Waals surface area contributed by atoms with Crippen LogP contribution in [-0.4, -0.2) is 41.6 Å². The monoisotopic (exact) mass is 408 g/mol. The molecule has 1 atom stereocenters. The van der Waals surface area contributed by atoms with E-state index >= 15 is 0 Å². The molecule has 0 radical (unpaired) electrons. The van der Waals surface area contributed by atoms with Gasteiger partial charge in [0.1, 0.15) is 0 Å². The zero-order chi connectivity index (χ0) is 21.1. The Bertz CT molecular complexity index is 991. The molecule has 1 saturated heterocycles. The molecule has 1 fully saturated rings. The highest BCUT2D eigenvalue weighted by atomic mass is 16.6. The van der Waals surface area contributed by atoms with Crippen LogP contribution in [0.1, 0.15) is 24.8 Å². The highest BCUT2D eigenvalue weighted by molar-refractivity contribution is 5.86. The van der Waals surface area contributed by atoms with Crippen LogP contribution in [0.5, 0.6) is 0 Å². The summed E-state index contributed by atoms with van der Waals surface area (Å²) >= 11 is 0. The van der Waals surface area contributed by atoms with Crippen molar-refractivity contribution in [3.8, 4) is 0 Å². The first-order chi connectivity index (χ1) is 14.4. The molecule has 30 heavy (non-hydrogen) atoms. The van der Waals surface area contributed by atoms with Gasteiger partial charge in [-0.2, -0.15) is 0 Å². The number of aliphatic imine (C=N–C) groups is 1. The molecule has 0 aromatic heterocycles. The fourth-order valence-electron chi connectivity index (χ4n) is 4.35. The predicted octanol–water partition coefficient (Wildman–Crippen LogP) is 2.39. The van der Waals surface area contributed by atoms with Gasteiger partial charge in [0.2, 0.25) is 0 Å². The minimum atomic E-state index is -1.24. The van der Waals surface area contributed by atoms with E-state index in [0.29, 0.717) is 24.8 Å². The fraction of sp³-hybridized carbons (Fsp3) is 0.409. The average Bonchev–Trinajstić information content (AvgIpc) is 2.73. The summed E-state index contributed by atoms with van der Waals surface area (Å²) in [7, 11) is 2.09. The molecule has 0 amide bonds. The molecule has 0 spiro atoms. The van der Waals surface area contributed by atoms with E-state index in [1.165, 1.54) is 6.20 Å². The maximum absolute atomic E-state index is 11.6. The van der Waals surface area contributed by atoms with E-state index in [2.05, 4.69) is 45.8 Å². The molecule has 2 heterocycles. The largest absolute Gasteiger partial charge is 0.329 e. The number of guanidine groups is 1. The second kappa shape index (κ2) is 8.41. The van der Waals surface area contributed by atoms with Gasteiger partial charge in [-0.15, -0.1) is 0 Å². The van der Waals surface area contributed by atoms with E-state index in [0.717, 1.165) is 42.3 Å². The maximum Gasteiger partial charge on any atom is 0.301 e. The number of benzene rings is 2. The number of nitrogens with zero attached hydrogens (tertiary/aromatic N) is 3. The Hall–Kier alpha value is -2.97. The lowest BCUT2D eigenvalue weighted by Gasteiger charge is -2.37. The predicted molar refractivity (Wildman–Crippen MR) is 118 cm³/mol. The number of nitrogens with one attached hydrogen (secondary N) is 2. The van der Waals surface area contributed by atoms with E-state index in [-0.39, 0.29) is 5.70 Å². The third kappa shape index (κ3) is 4.29. The van der Waals surface area contributed by atoms with E-state index in [1.54, 1.807) is 0 Å². The van der Waals surface area contributed by atoms with Gasteiger partial charge in [0.15, 0.2) is 11.6 Å². The van der Waals surface area contributed by atoms with Gasteiger partial charge in [0, 0.05) is 0 Å². The smallest absolute Gasteiger partial charge is 0.301 e. The van der Waals surface area contributed by atoms with E-state index in [9.17, 15) is 10.1 Å². The van der Waals surface area contributed by atoms with Crippen molar-refractivity contribution in [3.63, 3.8) is 0 Å². The third-order valence-electron chi connectivity index (χ3n) is 6.08. The number of rotatable bonds is 5. The van der Waals surface area contributed by atoms with Gasteiger partial charge in [-0.1, -0.05) is 42.5 Å². The first-order valence-corrected chi connectivity index (χ1v) is 10.3. The summed E-state index contributed by atoms with van der Waals surface area (Å²) in [5.74, 6) is 0.795. The van der Waals surface area contributed by atoms with Gasteiger partial charge in [-0.3, -0.25) is 15.8 Å². The summed E-state index contributed by atoms with van der Waals surface area (Å²) < 4.78 is 0. The second-order valence-electron chi connectivity index (χ2n) is 8.28. The summed E-state index contributed by atoms with van der Waals surface area (Å²) in [4.78, 5) is 18.1. The summed E-state index contributed by atoms with van der Waals surface area (Å²) in [5, 5.41) is 20.0. The number of hydrogen-bond acceptors (Lipinski definition) is 5. The van der Waals surface area contributed by atoms with Crippen molar-refractivity contribution in [1.29, 1.82) is 0 Å². The van der Waals surface area contributed by atoms with Gasteiger partial charge in [-0.25, -0.2) is 4.99 Å². The molecule has 8 nitrogen and oxygen atoms in total. The number of hydrogen-bond donors (Lipinski definition) is 3. The van der Waals surface area contributed by atoms with Crippen molar-refractivity contribution in [2.24, 2.45) is 16.6 Å². The summed E-state index contributed by atoms with van der Waals surface area (Å²) in [6.45, 7) is 2.42. The Balaban J connectivity index is 1.54. The van der Waals surface area contributed by atoms with Crippen LogP contribution in [0.15, 0.2) is 59.4 Å². The zero-order valence-electron chi connectivity index (χ0n) is 17.2. The molecule has 4 N–H and O–H groups in total. The Kier molecular flexibility index (Phi) is 5.69. The van der Waals surface area contributed by atoms with Gasteiger partial charge in [0.25, 0.3) is 0 Å². The first kappa shape index (κ1) is 20.3. The normalized spacial score (nSPS) is 24.3. The maximum atomic E-state index is 11.6. The van der Waals surface area contributed by atoms with Crippen molar-refractivity contribution >= 4 is 16.7 Å². The lowest BCUT2D eigenvalue weighted by Crippen LogP contribution is -2.64. The van der Waals surface area contributed by atoms with Crippen molar-refractivity contribution in [3.05, 3.63) is 70.0 Å². The van der Waals surface area contributed by atoms with E-state index < -0.39 is 10.6 Å². The zero-order valence-corrected chi connectivity index (χ0v) is 17.2. The van der Waals surface area contributed by atoms with Crippen molar-refractivity contribution in [2.45, 2.75) is 31.5 Å². The lowest BCUT2D eigenvalue weighted by molar-refractivity contribution is -0.437. The third-order valence-corrected chi connectivity index (χ3v) is 6.08. The number of piperidine rings is 1. The number of likely N-dealkylation sites (tertiary alicyclic amines) is 1. The molecular formula is C22H28N6O2. The molecule has 8 heteroatoms. The minimum absolute atomic E-state index is 0.0504. The van der Waals surface area contributed by atoms with Crippen LogP contribution in [0.4, 0.5) is 0 Å². The Morgan fingerprint density at radius 1 is 1.23 bits per heavy atom. The number of nitrogens with two attached hydrogens (primary N) is 1. The van der Waals surface area contributed by atoms with Crippen molar-refractivity contribution in [2.75, 3.05) is 20.1 Å². The summed E-state index contributed by atoms with van der Waals surface area (Å²) in [5.41, 5.74) is 6.36. The topological polar surface area (TPSA) is 109 Å². The Morgan fingerprint density at radius 3 is 2.73 bits per heavy atom. The molecule has 4 rings (SSSR count). The first-order valence-electron chi connectivity index (χ1n) is 10.3. The van der Waals surface area contributed by atoms with Crippen LogP contribution >= 0.6 is 0 Å². The van der Waals surface area contributed by atoms with Crippen molar-refractivity contribution < 1.29 is 4.92 Å². The molecule has 158 valence electrons. The van der Waals surface area contributed by atoms with Crippen LogP contribution in [-0.2, 0) is 6.54 Å². The molecule has 1 unspecified atom stereocenters. The quantitative estimate of drug-likeness (QED) is 0.518. The molecule has 2 aliphatic rings. The molecule has 2 aromatic rings. The Morgan fingerprint density at radius 2 is 1.97 bits per heavy atom. The van der Waals surface area contributed by atoms with Gasteiger partial charge in [-0.05, 0) is 61.7 Å². The van der Waals surface area contributed by atoms with Crippen LogP contribution in [0.25, 0.3) is 10.8 Å². The Labute approximate surface area is 176 Å².